The molecule has 3 nitrogen and oxygen atoms in total. The summed E-state index contributed by atoms with van der Waals surface area (Å²) in [5.41, 5.74) is 1.67. The Kier molecular flexibility index (Phi) is 3.58. The summed E-state index contributed by atoms with van der Waals surface area (Å²) in [5, 5.41) is 9.05. The van der Waals surface area contributed by atoms with Crippen molar-refractivity contribution >= 4 is 17.7 Å². The van der Waals surface area contributed by atoms with Crippen molar-refractivity contribution in [2.45, 2.75) is 0 Å². The average Bonchev–Trinajstić information content (AvgIpc) is 2.46. The molecule has 0 saturated carbocycles. The van der Waals surface area contributed by atoms with E-state index in [2.05, 4.69) is 6.07 Å². The van der Waals surface area contributed by atoms with E-state index in [4.69, 9.17) is 5.26 Å². The van der Waals surface area contributed by atoms with Gasteiger partial charge in [0.15, 0.2) is 0 Å². The number of benzene rings is 2. The van der Waals surface area contributed by atoms with Crippen LogP contribution in [-0.2, 0) is 0 Å². The number of hydrogen-bond donors (Lipinski definition) is 0. The third kappa shape index (κ3) is 2.45. The summed E-state index contributed by atoms with van der Waals surface area (Å²) in [6.45, 7) is 0. The van der Waals surface area contributed by atoms with E-state index in [0.717, 1.165) is 0 Å². The molecule has 0 N–H and O–H groups in total. The fraction of sp³-hybridized carbons (Fsp3) is 0.0667. The van der Waals surface area contributed by atoms with E-state index in [9.17, 15) is 9.18 Å². The standard InChI is InChI=1S/C15H11FN2O/c1-18(14-5-3-2-4-12(14)9-17)15-7-6-11(10-19)8-13(15)16/h2-8,10H,1H3. The predicted octanol–water partition coefficient (Wildman–Crippen LogP) is 3.28. The van der Waals surface area contributed by atoms with Crippen LogP contribution in [0.1, 0.15) is 15.9 Å². The van der Waals surface area contributed by atoms with Gasteiger partial charge >= 0.3 is 0 Å². The molecule has 0 aliphatic rings. The van der Waals surface area contributed by atoms with Crippen LogP contribution in [0.2, 0.25) is 0 Å². The molecule has 2 rings (SSSR count). The summed E-state index contributed by atoms with van der Waals surface area (Å²) >= 11 is 0. The molecule has 2 aromatic rings. The van der Waals surface area contributed by atoms with Crippen LogP contribution in [-0.4, -0.2) is 13.3 Å². The highest BCUT2D eigenvalue weighted by molar-refractivity contribution is 5.77. The van der Waals surface area contributed by atoms with Gasteiger partial charge in [-0.3, -0.25) is 4.79 Å². The van der Waals surface area contributed by atoms with Crippen molar-refractivity contribution in [3.8, 4) is 6.07 Å². The Morgan fingerprint density at radius 3 is 2.58 bits per heavy atom. The Morgan fingerprint density at radius 1 is 1.21 bits per heavy atom. The molecule has 0 atom stereocenters. The van der Waals surface area contributed by atoms with Crippen LogP contribution in [0.15, 0.2) is 42.5 Å². The highest BCUT2D eigenvalue weighted by Gasteiger charge is 2.12. The zero-order valence-corrected chi connectivity index (χ0v) is 10.3. The summed E-state index contributed by atoms with van der Waals surface area (Å²) < 4.78 is 13.9. The molecule has 0 aromatic heterocycles. The molecule has 0 aliphatic heterocycles. The molecule has 0 fully saturated rings. The van der Waals surface area contributed by atoms with Gasteiger partial charge in [-0.25, -0.2) is 4.39 Å². The van der Waals surface area contributed by atoms with Crippen molar-refractivity contribution in [2.75, 3.05) is 11.9 Å². The first kappa shape index (κ1) is 12.8. The van der Waals surface area contributed by atoms with Crippen molar-refractivity contribution < 1.29 is 9.18 Å². The maximum atomic E-state index is 13.9. The summed E-state index contributed by atoms with van der Waals surface area (Å²) in [7, 11) is 1.68. The number of nitrogens with zero attached hydrogens (tertiary/aromatic N) is 2. The number of para-hydroxylation sites is 1. The Hall–Kier alpha value is -2.67. The van der Waals surface area contributed by atoms with E-state index >= 15 is 0 Å². The van der Waals surface area contributed by atoms with Gasteiger partial charge in [0.2, 0.25) is 0 Å². The first-order valence-electron chi connectivity index (χ1n) is 5.65. The molecule has 0 aliphatic carbocycles. The molecule has 0 saturated heterocycles. The molecule has 0 heterocycles. The Bertz CT molecular complexity index is 661. The Morgan fingerprint density at radius 2 is 1.95 bits per heavy atom. The van der Waals surface area contributed by atoms with Crippen molar-refractivity contribution in [3.05, 3.63) is 59.4 Å². The maximum absolute atomic E-state index is 13.9. The van der Waals surface area contributed by atoms with E-state index in [0.29, 0.717) is 23.2 Å². The average molecular weight is 254 g/mol. The monoisotopic (exact) mass is 254 g/mol. The summed E-state index contributed by atoms with van der Waals surface area (Å²) in [6, 6.07) is 13.2. The van der Waals surface area contributed by atoms with Gasteiger partial charge in [0, 0.05) is 12.6 Å². The number of nitriles is 1. The van der Waals surface area contributed by atoms with E-state index in [1.54, 1.807) is 36.2 Å². The SMILES string of the molecule is CN(c1ccc(C=O)cc1F)c1ccccc1C#N. The fourth-order valence-electron chi connectivity index (χ4n) is 1.86. The number of halogens is 1. The first-order chi connectivity index (χ1) is 9.17. The van der Waals surface area contributed by atoms with Crippen LogP contribution < -0.4 is 4.90 Å². The number of anilines is 2. The number of rotatable bonds is 3. The van der Waals surface area contributed by atoms with Crippen LogP contribution in [0.25, 0.3) is 0 Å². The lowest BCUT2D eigenvalue weighted by molar-refractivity contribution is 0.112. The lowest BCUT2D eigenvalue weighted by atomic mass is 10.1. The van der Waals surface area contributed by atoms with Crippen LogP contribution in [0, 0.1) is 17.1 Å². The lowest BCUT2D eigenvalue weighted by Crippen LogP contribution is -2.12. The molecule has 0 bridgehead atoms. The normalized spacial score (nSPS) is 9.74. The molecule has 0 amide bonds. The highest BCUT2D eigenvalue weighted by atomic mass is 19.1. The largest absolute Gasteiger partial charge is 0.341 e. The van der Waals surface area contributed by atoms with Crippen LogP contribution in [0.3, 0.4) is 0 Å². The molecule has 4 heteroatoms. The van der Waals surface area contributed by atoms with Gasteiger partial charge in [0.25, 0.3) is 0 Å². The molecule has 0 spiro atoms. The van der Waals surface area contributed by atoms with Gasteiger partial charge in [-0.1, -0.05) is 12.1 Å². The summed E-state index contributed by atoms with van der Waals surface area (Å²) in [4.78, 5) is 12.2. The highest BCUT2D eigenvalue weighted by Crippen LogP contribution is 2.28. The van der Waals surface area contributed by atoms with E-state index in [1.165, 1.54) is 18.2 Å². The topological polar surface area (TPSA) is 44.1 Å². The fourth-order valence-corrected chi connectivity index (χ4v) is 1.86. The van der Waals surface area contributed by atoms with Crippen molar-refractivity contribution in [2.24, 2.45) is 0 Å². The van der Waals surface area contributed by atoms with Gasteiger partial charge in [0.05, 0.1) is 16.9 Å². The third-order valence-electron chi connectivity index (χ3n) is 2.86. The second kappa shape index (κ2) is 5.32. The maximum Gasteiger partial charge on any atom is 0.150 e. The summed E-state index contributed by atoms with van der Waals surface area (Å²) in [6.07, 6.45) is 0.593. The second-order valence-electron chi connectivity index (χ2n) is 4.02. The second-order valence-corrected chi connectivity index (χ2v) is 4.02. The molecular formula is C15H11FN2O. The third-order valence-corrected chi connectivity index (χ3v) is 2.86. The molecule has 19 heavy (non-hydrogen) atoms. The zero-order chi connectivity index (χ0) is 13.8. The minimum Gasteiger partial charge on any atom is -0.341 e. The molecular weight excluding hydrogens is 243 g/mol. The molecule has 2 aromatic carbocycles. The van der Waals surface area contributed by atoms with Gasteiger partial charge in [-0.05, 0) is 30.3 Å². The Labute approximate surface area is 110 Å². The summed E-state index contributed by atoms with van der Waals surface area (Å²) in [5.74, 6) is -0.500. The van der Waals surface area contributed by atoms with Crippen LogP contribution in [0.4, 0.5) is 15.8 Å². The van der Waals surface area contributed by atoms with Crippen LogP contribution >= 0.6 is 0 Å². The minimum absolute atomic E-state index is 0.281. The number of aldehydes is 1. The van der Waals surface area contributed by atoms with Crippen molar-refractivity contribution in [3.63, 3.8) is 0 Å². The quantitative estimate of drug-likeness (QED) is 0.789. The molecule has 0 radical (unpaired) electrons. The zero-order valence-electron chi connectivity index (χ0n) is 10.3. The van der Waals surface area contributed by atoms with E-state index in [-0.39, 0.29) is 5.56 Å². The van der Waals surface area contributed by atoms with Gasteiger partial charge in [-0.2, -0.15) is 5.26 Å². The number of carbonyl (C=O) groups is 1. The van der Waals surface area contributed by atoms with Gasteiger partial charge in [0.1, 0.15) is 18.2 Å². The van der Waals surface area contributed by atoms with E-state index < -0.39 is 5.82 Å². The number of carbonyl (C=O) groups excluding carboxylic acids is 1. The Balaban J connectivity index is 2.47. The van der Waals surface area contributed by atoms with Gasteiger partial charge < -0.3 is 4.90 Å². The van der Waals surface area contributed by atoms with E-state index in [1.807, 2.05) is 0 Å². The lowest BCUT2D eigenvalue weighted by Gasteiger charge is -2.21. The molecule has 94 valence electrons. The van der Waals surface area contributed by atoms with Crippen LogP contribution in [0.5, 0.6) is 0 Å². The van der Waals surface area contributed by atoms with Crippen molar-refractivity contribution in [1.29, 1.82) is 5.26 Å². The van der Waals surface area contributed by atoms with Crippen molar-refractivity contribution in [1.82, 2.24) is 0 Å². The smallest absolute Gasteiger partial charge is 0.150 e. The minimum atomic E-state index is -0.500. The van der Waals surface area contributed by atoms with Gasteiger partial charge in [-0.15, -0.1) is 0 Å². The predicted molar refractivity (Wildman–Crippen MR) is 71.0 cm³/mol. The number of hydrogen-bond acceptors (Lipinski definition) is 3. The first-order valence-corrected chi connectivity index (χ1v) is 5.65. The molecule has 0 unspecified atom stereocenters.